The van der Waals surface area contributed by atoms with E-state index in [2.05, 4.69) is 88.5 Å². The summed E-state index contributed by atoms with van der Waals surface area (Å²) in [6.45, 7) is 7.31. The van der Waals surface area contributed by atoms with Crippen molar-refractivity contribution in [3.63, 3.8) is 0 Å². The van der Waals surface area contributed by atoms with Crippen molar-refractivity contribution in [3.05, 3.63) is 89.1 Å². The van der Waals surface area contributed by atoms with Crippen LogP contribution in [0.3, 0.4) is 0 Å². The molecule has 2 aromatic carbocycles. The summed E-state index contributed by atoms with van der Waals surface area (Å²) < 4.78 is 0. The topological polar surface area (TPSA) is 49.3 Å². The van der Waals surface area contributed by atoms with E-state index in [4.69, 9.17) is 0 Å². The molecule has 5 nitrogen and oxygen atoms in total. The number of carbonyl (C=O) groups excluding carboxylic acids is 1. The van der Waals surface area contributed by atoms with Gasteiger partial charge < -0.3 is 4.90 Å². The van der Waals surface area contributed by atoms with Crippen LogP contribution in [0.1, 0.15) is 35.9 Å². The molecule has 35 heavy (non-hydrogen) atoms. The van der Waals surface area contributed by atoms with Gasteiger partial charge in [0.15, 0.2) is 0 Å². The summed E-state index contributed by atoms with van der Waals surface area (Å²) in [6.07, 6.45) is 2.60. The highest BCUT2D eigenvalue weighted by Gasteiger charge is 2.30. The Morgan fingerprint density at radius 1 is 0.971 bits per heavy atom. The van der Waals surface area contributed by atoms with Crippen molar-refractivity contribution in [1.82, 2.24) is 19.8 Å². The fourth-order valence-electron chi connectivity index (χ4n) is 4.71. The van der Waals surface area contributed by atoms with E-state index in [9.17, 15) is 4.79 Å². The van der Waals surface area contributed by atoms with Crippen molar-refractivity contribution >= 4 is 39.2 Å². The molecule has 0 N–H and O–H groups in total. The zero-order valence-electron chi connectivity index (χ0n) is 20.1. The Morgan fingerprint density at radius 2 is 1.60 bits per heavy atom. The maximum atomic E-state index is 13.4. The predicted octanol–water partition coefficient (Wildman–Crippen LogP) is 5.67. The Balaban J connectivity index is 1.26. The molecule has 1 aliphatic heterocycles. The molecule has 0 saturated carbocycles. The summed E-state index contributed by atoms with van der Waals surface area (Å²) in [5, 5.41) is 1.78. The minimum absolute atomic E-state index is 0.184. The predicted molar refractivity (Wildman–Crippen MR) is 145 cm³/mol. The molecule has 0 aliphatic carbocycles. The zero-order chi connectivity index (χ0) is 24.2. The van der Waals surface area contributed by atoms with Crippen LogP contribution in [0.25, 0.3) is 10.2 Å². The van der Waals surface area contributed by atoms with Crippen molar-refractivity contribution in [3.8, 4) is 0 Å². The van der Waals surface area contributed by atoms with Gasteiger partial charge in [-0.15, -0.1) is 11.3 Å². The van der Waals surface area contributed by atoms with Gasteiger partial charge in [0.1, 0.15) is 16.2 Å². The number of hydrogen-bond donors (Lipinski definition) is 0. The Morgan fingerprint density at radius 3 is 2.20 bits per heavy atom. The number of aryl methyl sites for hydroxylation is 1. The first-order chi connectivity index (χ1) is 17.1. The number of benzene rings is 2. The van der Waals surface area contributed by atoms with Crippen LogP contribution in [0.4, 0.5) is 0 Å². The summed E-state index contributed by atoms with van der Waals surface area (Å²) in [5.41, 5.74) is 2.58. The third kappa shape index (κ3) is 5.27. The Labute approximate surface area is 215 Å². The molecule has 4 aromatic rings. The molecule has 1 amide bonds. The van der Waals surface area contributed by atoms with E-state index in [1.54, 1.807) is 29.4 Å². The molecule has 1 saturated heterocycles. The highest BCUT2D eigenvalue weighted by Crippen LogP contribution is 2.34. The number of amides is 1. The molecule has 5 rings (SSSR count). The third-order valence-electron chi connectivity index (χ3n) is 6.55. The number of thioether (sulfide) groups is 1. The van der Waals surface area contributed by atoms with Crippen LogP contribution in [-0.2, 0) is 11.2 Å². The summed E-state index contributed by atoms with van der Waals surface area (Å²) >= 11 is 3.26. The lowest BCUT2D eigenvalue weighted by Gasteiger charge is -2.40. The average Bonchev–Trinajstić information content (AvgIpc) is 3.35. The minimum atomic E-state index is -0.191. The van der Waals surface area contributed by atoms with E-state index in [0.717, 1.165) is 47.8 Å². The first-order valence-corrected chi connectivity index (χ1v) is 13.9. The molecule has 0 bridgehead atoms. The number of nitrogens with zero attached hydrogens (tertiary/aromatic N) is 4. The molecule has 2 aromatic heterocycles. The Hall–Kier alpha value is -2.74. The fraction of sp³-hybridized carbons (Fsp3) is 0.321. The van der Waals surface area contributed by atoms with Crippen LogP contribution in [0, 0.1) is 0 Å². The average molecular weight is 503 g/mol. The van der Waals surface area contributed by atoms with E-state index in [1.807, 2.05) is 11.8 Å². The van der Waals surface area contributed by atoms with Gasteiger partial charge >= 0.3 is 0 Å². The van der Waals surface area contributed by atoms with Gasteiger partial charge in [-0.05, 0) is 30.5 Å². The van der Waals surface area contributed by atoms with Gasteiger partial charge in [0.25, 0.3) is 0 Å². The molecule has 1 aliphatic rings. The first-order valence-electron chi connectivity index (χ1n) is 12.2. The van der Waals surface area contributed by atoms with E-state index in [0.29, 0.717) is 0 Å². The molecule has 1 atom stereocenters. The highest BCUT2D eigenvalue weighted by molar-refractivity contribution is 8.00. The van der Waals surface area contributed by atoms with Gasteiger partial charge in [-0.1, -0.05) is 79.3 Å². The summed E-state index contributed by atoms with van der Waals surface area (Å²) in [6, 6.07) is 23.7. The van der Waals surface area contributed by atoms with E-state index >= 15 is 0 Å². The molecular formula is C28H30N4OS2. The van der Waals surface area contributed by atoms with Gasteiger partial charge in [-0.25, -0.2) is 9.97 Å². The Kier molecular flexibility index (Phi) is 7.46. The Bertz CT molecular complexity index is 1230. The summed E-state index contributed by atoms with van der Waals surface area (Å²) in [4.78, 5) is 29.1. The van der Waals surface area contributed by atoms with Gasteiger partial charge in [0.2, 0.25) is 5.91 Å². The van der Waals surface area contributed by atoms with Crippen molar-refractivity contribution in [2.24, 2.45) is 0 Å². The number of piperazine rings is 1. The molecule has 1 unspecified atom stereocenters. The van der Waals surface area contributed by atoms with Crippen LogP contribution < -0.4 is 0 Å². The molecule has 0 spiro atoms. The number of carbonyl (C=O) groups is 1. The second-order valence-corrected chi connectivity index (χ2v) is 11.3. The number of fused-ring (bicyclic) bond motifs is 1. The smallest absolute Gasteiger partial charge is 0.235 e. The summed E-state index contributed by atoms with van der Waals surface area (Å²) in [7, 11) is 0. The SMILES string of the molecule is CCc1cc2c(SC(C)C(=O)N3CCN(C(c4ccccc4)c4ccccc4)CC3)ncnc2s1. The lowest BCUT2D eigenvalue weighted by molar-refractivity contribution is -0.132. The van der Waals surface area contributed by atoms with Gasteiger partial charge in [0, 0.05) is 36.4 Å². The largest absolute Gasteiger partial charge is 0.339 e. The number of hydrogen-bond acceptors (Lipinski definition) is 6. The van der Waals surface area contributed by atoms with Crippen molar-refractivity contribution < 1.29 is 4.79 Å². The number of aromatic nitrogens is 2. The molecule has 7 heteroatoms. The molecule has 0 radical (unpaired) electrons. The van der Waals surface area contributed by atoms with Gasteiger partial charge in [-0.3, -0.25) is 9.69 Å². The van der Waals surface area contributed by atoms with Gasteiger partial charge in [0.05, 0.1) is 11.3 Å². The molecule has 3 heterocycles. The molecule has 180 valence electrons. The van der Waals surface area contributed by atoms with Crippen molar-refractivity contribution in [2.45, 2.75) is 36.6 Å². The van der Waals surface area contributed by atoms with Crippen LogP contribution in [-0.4, -0.2) is 57.1 Å². The van der Waals surface area contributed by atoms with E-state index in [-0.39, 0.29) is 17.2 Å². The first kappa shape index (κ1) is 24.0. The highest BCUT2D eigenvalue weighted by atomic mass is 32.2. The van der Waals surface area contributed by atoms with Gasteiger partial charge in [-0.2, -0.15) is 0 Å². The van der Waals surface area contributed by atoms with E-state index < -0.39 is 0 Å². The van der Waals surface area contributed by atoms with Crippen molar-refractivity contribution in [1.29, 1.82) is 0 Å². The van der Waals surface area contributed by atoms with Crippen LogP contribution >= 0.6 is 23.1 Å². The van der Waals surface area contributed by atoms with E-state index in [1.165, 1.54) is 16.0 Å². The molecular weight excluding hydrogens is 472 g/mol. The summed E-state index contributed by atoms with van der Waals surface area (Å²) in [5.74, 6) is 0.184. The lowest BCUT2D eigenvalue weighted by atomic mass is 9.96. The normalized spacial score (nSPS) is 15.6. The minimum Gasteiger partial charge on any atom is -0.339 e. The third-order valence-corrected chi connectivity index (χ3v) is 8.84. The molecule has 1 fully saturated rings. The lowest BCUT2D eigenvalue weighted by Crippen LogP contribution is -2.51. The maximum absolute atomic E-state index is 13.4. The second kappa shape index (κ2) is 10.9. The van der Waals surface area contributed by atoms with Crippen LogP contribution in [0.15, 0.2) is 78.1 Å². The standard InChI is InChI=1S/C28H30N4OS2/c1-3-23-18-24-26(29-19-30-27(24)35-23)34-20(2)28(33)32-16-14-31(15-17-32)25(21-10-6-4-7-11-21)22-12-8-5-9-13-22/h4-13,18-20,25H,3,14-17H2,1-2H3. The van der Waals surface area contributed by atoms with Crippen molar-refractivity contribution in [2.75, 3.05) is 26.2 Å². The fourth-order valence-corrected chi connectivity index (χ4v) is 6.69. The number of rotatable bonds is 7. The van der Waals surface area contributed by atoms with Crippen LogP contribution in [0.2, 0.25) is 0 Å². The number of thiophene rings is 1. The monoisotopic (exact) mass is 502 g/mol. The zero-order valence-corrected chi connectivity index (χ0v) is 21.8. The van der Waals surface area contributed by atoms with Crippen LogP contribution in [0.5, 0.6) is 0 Å². The second-order valence-electron chi connectivity index (χ2n) is 8.81. The maximum Gasteiger partial charge on any atom is 0.235 e. The quantitative estimate of drug-likeness (QED) is 0.241.